The van der Waals surface area contributed by atoms with Crippen molar-refractivity contribution in [3.63, 3.8) is 0 Å². The van der Waals surface area contributed by atoms with E-state index in [2.05, 4.69) is 4.99 Å². The van der Waals surface area contributed by atoms with Crippen LogP contribution in [-0.2, 0) is 9.84 Å². The van der Waals surface area contributed by atoms with Crippen molar-refractivity contribution in [1.29, 1.82) is 0 Å². The van der Waals surface area contributed by atoms with Gasteiger partial charge in [-0.25, -0.2) is 13.4 Å². The minimum absolute atomic E-state index is 0.241. The van der Waals surface area contributed by atoms with Crippen LogP contribution in [0.5, 0.6) is 0 Å². The molecule has 0 saturated carbocycles. The van der Waals surface area contributed by atoms with Crippen LogP contribution in [0.3, 0.4) is 0 Å². The van der Waals surface area contributed by atoms with Crippen molar-refractivity contribution < 1.29 is 8.42 Å². The lowest BCUT2D eigenvalue weighted by Crippen LogP contribution is -2.25. The van der Waals surface area contributed by atoms with Crippen LogP contribution in [0.4, 0.5) is 0 Å². The maximum absolute atomic E-state index is 11.3. The Balaban J connectivity index is 2.90. The summed E-state index contributed by atoms with van der Waals surface area (Å²) in [5.41, 5.74) is 0.562. The normalized spacial score (nSPS) is 21.0. The molecule has 68 valence electrons. The summed E-state index contributed by atoms with van der Waals surface area (Å²) in [5, 5.41) is 1.44. The lowest BCUT2D eigenvalue weighted by Gasteiger charge is -2.07. The molecule has 1 aliphatic heterocycles. The van der Waals surface area contributed by atoms with Crippen LogP contribution in [-0.4, -0.2) is 39.0 Å². The summed E-state index contributed by atoms with van der Waals surface area (Å²) in [7, 11) is 0.437. The van der Waals surface area contributed by atoms with Crippen LogP contribution in [0.15, 0.2) is 16.1 Å². The van der Waals surface area contributed by atoms with E-state index in [4.69, 9.17) is 0 Å². The molecule has 0 atom stereocenters. The van der Waals surface area contributed by atoms with Gasteiger partial charge in [0.05, 0.1) is 17.6 Å². The molecule has 1 heterocycles. The topological polar surface area (TPSA) is 49.7 Å². The van der Waals surface area contributed by atoms with Crippen molar-refractivity contribution in [1.82, 2.24) is 4.90 Å². The molecular weight excluding hydrogens is 176 g/mol. The number of allylic oxidation sites excluding steroid dienone is 1. The maximum Gasteiger partial charge on any atom is 0.216 e. The highest BCUT2D eigenvalue weighted by atomic mass is 32.2. The van der Waals surface area contributed by atoms with Crippen LogP contribution in [0.25, 0.3) is 0 Å². The summed E-state index contributed by atoms with van der Waals surface area (Å²) in [6.45, 7) is 2.05. The number of sulfone groups is 1. The molecule has 12 heavy (non-hydrogen) atoms. The molecule has 0 N–H and O–H groups in total. The molecule has 0 fully saturated rings. The highest BCUT2D eigenvalue weighted by molar-refractivity contribution is 8.09. The average molecular weight is 188 g/mol. The van der Waals surface area contributed by atoms with Gasteiger partial charge in [-0.3, -0.25) is 0 Å². The predicted octanol–water partition coefficient (Wildman–Crippen LogP) is 0.236. The van der Waals surface area contributed by atoms with Gasteiger partial charge in [0.25, 0.3) is 0 Å². The van der Waals surface area contributed by atoms with Gasteiger partial charge in [0.1, 0.15) is 0 Å². The third-order valence-electron chi connectivity index (χ3n) is 1.41. The fourth-order valence-electron chi connectivity index (χ4n) is 0.975. The Morgan fingerprint density at radius 3 is 2.42 bits per heavy atom. The highest BCUT2D eigenvalue weighted by Gasteiger charge is 2.22. The van der Waals surface area contributed by atoms with E-state index in [1.165, 1.54) is 5.41 Å². The van der Waals surface area contributed by atoms with Crippen molar-refractivity contribution in [2.24, 2.45) is 4.99 Å². The summed E-state index contributed by atoms with van der Waals surface area (Å²) in [6, 6.07) is 0. The van der Waals surface area contributed by atoms with Gasteiger partial charge in [-0.1, -0.05) is 0 Å². The van der Waals surface area contributed by atoms with E-state index >= 15 is 0 Å². The molecule has 1 rings (SSSR count). The summed E-state index contributed by atoms with van der Waals surface area (Å²) in [5.74, 6) is 0. The third-order valence-corrected chi connectivity index (χ3v) is 2.94. The molecular formula is C7H12N2O2S. The van der Waals surface area contributed by atoms with Crippen LogP contribution < -0.4 is 0 Å². The second kappa shape index (κ2) is 2.99. The minimum Gasteiger partial charge on any atom is -0.303 e. The smallest absolute Gasteiger partial charge is 0.216 e. The zero-order valence-electron chi connectivity index (χ0n) is 7.40. The zero-order chi connectivity index (χ0) is 9.35. The van der Waals surface area contributed by atoms with E-state index in [1.807, 2.05) is 14.1 Å². The first-order valence-electron chi connectivity index (χ1n) is 3.57. The van der Waals surface area contributed by atoms with E-state index in [-0.39, 0.29) is 5.04 Å². The van der Waals surface area contributed by atoms with Crippen molar-refractivity contribution in [2.75, 3.05) is 20.6 Å². The third kappa shape index (κ3) is 1.92. The Morgan fingerprint density at radius 1 is 1.50 bits per heavy atom. The molecule has 0 radical (unpaired) electrons. The van der Waals surface area contributed by atoms with Crippen LogP contribution in [0.1, 0.15) is 6.92 Å². The van der Waals surface area contributed by atoms with Gasteiger partial charge in [-0.2, -0.15) is 0 Å². The number of nitrogens with zero attached hydrogens (tertiary/aromatic N) is 2. The number of hydrogen-bond acceptors (Lipinski definition) is 4. The number of aliphatic imine (C=N–C) groups is 1. The Hall–Kier alpha value is -0.680. The monoisotopic (exact) mass is 188 g/mol. The molecule has 0 aromatic rings. The summed E-state index contributed by atoms with van der Waals surface area (Å²) in [4.78, 5) is 5.71. The molecule has 0 amide bonds. The Morgan fingerprint density at radius 2 is 2.08 bits per heavy atom. The van der Waals surface area contributed by atoms with Crippen LogP contribution in [0.2, 0.25) is 0 Å². The molecule has 0 aromatic heterocycles. The van der Waals surface area contributed by atoms with E-state index in [1.54, 1.807) is 11.8 Å². The molecule has 0 unspecified atom stereocenters. The molecule has 4 nitrogen and oxygen atoms in total. The zero-order valence-corrected chi connectivity index (χ0v) is 8.22. The molecule has 0 aliphatic carbocycles. The van der Waals surface area contributed by atoms with Crippen LogP contribution in [0, 0.1) is 0 Å². The largest absolute Gasteiger partial charge is 0.303 e. The quantitative estimate of drug-likeness (QED) is 0.623. The SMILES string of the molecule is CC1=CS(=O)(=O)C(CN(C)C)=N1. The van der Waals surface area contributed by atoms with Gasteiger partial charge < -0.3 is 4.90 Å². The van der Waals surface area contributed by atoms with E-state index in [0.29, 0.717) is 12.2 Å². The van der Waals surface area contributed by atoms with E-state index < -0.39 is 9.84 Å². The number of rotatable bonds is 2. The Bertz CT molecular complexity index is 338. The van der Waals surface area contributed by atoms with Gasteiger partial charge in [-0.05, 0) is 21.0 Å². The molecule has 0 spiro atoms. The predicted molar refractivity (Wildman–Crippen MR) is 48.7 cm³/mol. The average Bonchev–Trinajstić information content (AvgIpc) is 2.04. The van der Waals surface area contributed by atoms with E-state index in [9.17, 15) is 8.42 Å². The Kier molecular flexibility index (Phi) is 2.34. The lowest BCUT2D eigenvalue weighted by atomic mass is 10.6. The second-order valence-corrected chi connectivity index (χ2v) is 4.84. The second-order valence-electron chi connectivity index (χ2n) is 3.05. The van der Waals surface area contributed by atoms with Gasteiger partial charge >= 0.3 is 0 Å². The molecule has 1 aliphatic rings. The van der Waals surface area contributed by atoms with Crippen molar-refractivity contribution >= 4 is 14.9 Å². The van der Waals surface area contributed by atoms with Gasteiger partial charge in [0, 0.05) is 0 Å². The first-order valence-corrected chi connectivity index (χ1v) is 5.12. The van der Waals surface area contributed by atoms with Crippen molar-refractivity contribution in [3.05, 3.63) is 11.1 Å². The summed E-state index contributed by atoms with van der Waals surface area (Å²) in [6.07, 6.45) is 0. The highest BCUT2D eigenvalue weighted by Crippen LogP contribution is 2.13. The van der Waals surface area contributed by atoms with E-state index in [0.717, 1.165) is 0 Å². The van der Waals surface area contributed by atoms with Gasteiger partial charge in [0.15, 0.2) is 5.04 Å². The first-order chi connectivity index (χ1) is 5.42. The molecule has 0 aromatic carbocycles. The fraction of sp³-hybridized carbons (Fsp3) is 0.571. The Labute approximate surface area is 72.5 Å². The molecule has 5 heteroatoms. The minimum atomic E-state index is -3.19. The fourth-order valence-corrected chi connectivity index (χ4v) is 2.32. The number of hydrogen-bond donors (Lipinski definition) is 0. The van der Waals surface area contributed by atoms with Gasteiger partial charge in [0.2, 0.25) is 9.84 Å². The van der Waals surface area contributed by atoms with Gasteiger partial charge in [-0.15, -0.1) is 0 Å². The van der Waals surface area contributed by atoms with Crippen LogP contribution >= 0.6 is 0 Å². The van der Waals surface area contributed by atoms with Crippen molar-refractivity contribution in [3.8, 4) is 0 Å². The molecule has 0 saturated heterocycles. The lowest BCUT2D eigenvalue weighted by molar-refractivity contribution is 0.471. The first kappa shape index (κ1) is 9.41. The molecule has 0 bridgehead atoms. The standard InChI is InChI=1S/C7H12N2O2S/c1-6-5-12(10,11)7(8-6)4-9(2)3/h5H,4H2,1-3H3. The summed E-state index contributed by atoms with van der Waals surface area (Å²) < 4.78 is 22.5. The summed E-state index contributed by atoms with van der Waals surface area (Å²) >= 11 is 0. The van der Waals surface area contributed by atoms with Crippen molar-refractivity contribution in [2.45, 2.75) is 6.92 Å². The maximum atomic E-state index is 11.3.